The molecular formula is C20H16N4S. The Morgan fingerprint density at radius 2 is 1.52 bits per heavy atom. The van der Waals surface area contributed by atoms with Crippen molar-refractivity contribution in [1.82, 2.24) is 19.7 Å². The summed E-state index contributed by atoms with van der Waals surface area (Å²) in [5, 5.41) is 5.55. The van der Waals surface area contributed by atoms with Gasteiger partial charge in [0.05, 0.1) is 11.4 Å². The molecule has 0 spiro atoms. The molecule has 4 aromatic rings. The van der Waals surface area contributed by atoms with Gasteiger partial charge < -0.3 is 0 Å². The highest BCUT2D eigenvalue weighted by Crippen LogP contribution is 2.28. The Balaban J connectivity index is 1.91. The van der Waals surface area contributed by atoms with Crippen LogP contribution in [0.4, 0.5) is 0 Å². The summed E-state index contributed by atoms with van der Waals surface area (Å²) < 4.78 is 1.89. The van der Waals surface area contributed by atoms with Crippen LogP contribution in [0.25, 0.3) is 28.3 Å². The highest BCUT2D eigenvalue weighted by atomic mass is 32.2. The zero-order valence-electron chi connectivity index (χ0n) is 13.7. The molecule has 122 valence electrons. The summed E-state index contributed by atoms with van der Waals surface area (Å²) in [6, 6.07) is 24.4. The fraction of sp³-hybridized carbons (Fsp3) is 0.0500. The van der Waals surface area contributed by atoms with Crippen molar-refractivity contribution in [3.05, 3.63) is 79.0 Å². The van der Waals surface area contributed by atoms with Crippen molar-refractivity contribution < 1.29 is 0 Å². The van der Waals surface area contributed by atoms with Crippen molar-refractivity contribution in [1.29, 1.82) is 0 Å². The van der Waals surface area contributed by atoms with Gasteiger partial charge in [-0.2, -0.15) is 5.10 Å². The summed E-state index contributed by atoms with van der Waals surface area (Å²) in [6.45, 7) is 0. The molecule has 0 unspecified atom stereocenters. The minimum Gasteiger partial charge on any atom is -0.231 e. The number of nitrogens with zero attached hydrogens (tertiary/aromatic N) is 4. The maximum absolute atomic E-state index is 4.82. The monoisotopic (exact) mass is 344 g/mol. The standard InChI is InChI=1S/C20H16N4S/c1-25-20-21-13-12-19(22-20)24-18(16-10-6-3-7-11-16)14-17(23-24)15-8-4-2-5-9-15/h2-14H,1H3. The first-order chi connectivity index (χ1) is 12.3. The molecule has 0 aliphatic carbocycles. The van der Waals surface area contributed by atoms with Crippen LogP contribution in [-0.2, 0) is 0 Å². The molecule has 0 aliphatic rings. The van der Waals surface area contributed by atoms with E-state index >= 15 is 0 Å². The van der Waals surface area contributed by atoms with Gasteiger partial charge in [0, 0.05) is 23.4 Å². The summed E-state index contributed by atoms with van der Waals surface area (Å²) in [5.41, 5.74) is 4.10. The second kappa shape index (κ2) is 6.91. The molecule has 2 aromatic heterocycles. The quantitative estimate of drug-likeness (QED) is 0.397. The lowest BCUT2D eigenvalue weighted by Crippen LogP contribution is -2.03. The third kappa shape index (κ3) is 3.19. The first-order valence-electron chi connectivity index (χ1n) is 7.93. The molecule has 0 fully saturated rings. The SMILES string of the molecule is CSc1nccc(-n2nc(-c3ccccc3)cc2-c2ccccc2)n1. The van der Waals surface area contributed by atoms with Crippen LogP contribution >= 0.6 is 11.8 Å². The Kier molecular flexibility index (Phi) is 4.31. The molecule has 0 amide bonds. The maximum atomic E-state index is 4.82. The van der Waals surface area contributed by atoms with Crippen LogP contribution in [0.15, 0.2) is 84.1 Å². The van der Waals surface area contributed by atoms with Gasteiger partial charge in [-0.1, -0.05) is 72.4 Å². The third-order valence-corrected chi connectivity index (χ3v) is 4.43. The van der Waals surface area contributed by atoms with Crippen molar-refractivity contribution in [3.63, 3.8) is 0 Å². The fourth-order valence-electron chi connectivity index (χ4n) is 2.67. The summed E-state index contributed by atoms with van der Waals surface area (Å²) in [5.74, 6) is 0.764. The van der Waals surface area contributed by atoms with E-state index in [1.165, 1.54) is 11.8 Å². The Hall–Kier alpha value is -2.92. The number of benzene rings is 2. The second-order valence-corrected chi connectivity index (χ2v) is 6.23. The maximum Gasteiger partial charge on any atom is 0.189 e. The van der Waals surface area contributed by atoms with Gasteiger partial charge in [-0.15, -0.1) is 0 Å². The van der Waals surface area contributed by atoms with E-state index in [2.05, 4.69) is 40.3 Å². The van der Waals surface area contributed by atoms with Gasteiger partial charge in [-0.3, -0.25) is 0 Å². The molecule has 4 rings (SSSR count). The largest absolute Gasteiger partial charge is 0.231 e. The fourth-order valence-corrected chi connectivity index (χ4v) is 3.02. The number of aromatic nitrogens is 4. The molecular weight excluding hydrogens is 328 g/mol. The summed E-state index contributed by atoms with van der Waals surface area (Å²) in [4.78, 5) is 8.87. The molecule has 2 heterocycles. The number of thioether (sulfide) groups is 1. The molecule has 25 heavy (non-hydrogen) atoms. The van der Waals surface area contributed by atoms with E-state index in [0.717, 1.165) is 33.5 Å². The van der Waals surface area contributed by atoms with E-state index < -0.39 is 0 Å². The predicted molar refractivity (Wildman–Crippen MR) is 102 cm³/mol. The van der Waals surface area contributed by atoms with Gasteiger partial charge in [0.1, 0.15) is 0 Å². The van der Waals surface area contributed by atoms with Crippen LogP contribution in [0.1, 0.15) is 0 Å². The highest BCUT2D eigenvalue weighted by Gasteiger charge is 2.14. The Labute approximate surface area is 150 Å². The van der Waals surface area contributed by atoms with Crippen molar-refractivity contribution in [3.8, 4) is 28.3 Å². The van der Waals surface area contributed by atoms with Crippen LogP contribution in [0.2, 0.25) is 0 Å². The average molecular weight is 344 g/mol. The molecule has 0 bridgehead atoms. The Bertz CT molecular complexity index is 981. The average Bonchev–Trinajstić information content (AvgIpc) is 3.15. The molecule has 0 atom stereocenters. The summed E-state index contributed by atoms with van der Waals surface area (Å²) >= 11 is 1.52. The Morgan fingerprint density at radius 3 is 2.20 bits per heavy atom. The minimum atomic E-state index is 0.730. The lowest BCUT2D eigenvalue weighted by atomic mass is 10.1. The number of hydrogen-bond donors (Lipinski definition) is 0. The Morgan fingerprint density at radius 1 is 0.840 bits per heavy atom. The minimum absolute atomic E-state index is 0.730. The summed E-state index contributed by atoms with van der Waals surface area (Å²) in [7, 11) is 0. The molecule has 0 saturated carbocycles. The lowest BCUT2D eigenvalue weighted by molar-refractivity contribution is 0.815. The molecule has 0 N–H and O–H groups in total. The zero-order valence-corrected chi connectivity index (χ0v) is 14.5. The molecule has 0 radical (unpaired) electrons. The lowest BCUT2D eigenvalue weighted by Gasteiger charge is -2.07. The molecule has 5 heteroatoms. The molecule has 0 saturated heterocycles. The van der Waals surface area contributed by atoms with Gasteiger partial charge >= 0.3 is 0 Å². The van der Waals surface area contributed by atoms with Gasteiger partial charge in [0.15, 0.2) is 11.0 Å². The van der Waals surface area contributed by atoms with E-state index in [-0.39, 0.29) is 0 Å². The van der Waals surface area contributed by atoms with Crippen LogP contribution in [0.5, 0.6) is 0 Å². The van der Waals surface area contributed by atoms with Crippen LogP contribution < -0.4 is 0 Å². The van der Waals surface area contributed by atoms with Gasteiger partial charge in [0.2, 0.25) is 0 Å². The summed E-state index contributed by atoms with van der Waals surface area (Å²) in [6.07, 6.45) is 3.74. The van der Waals surface area contributed by atoms with E-state index in [4.69, 9.17) is 5.10 Å². The van der Waals surface area contributed by atoms with Gasteiger partial charge in [0.25, 0.3) is 0 Å². The van der Waals surface area contributed by atoms with Gasteiger partial charge in [-0.25, -0.2) is 14.6 Å². The van der Waals surface area contributed by atoms with Crippen LogP contribution in [0, 0.1) is 0 Å². The van der Waals surface area contributed by atoms with Crippen molar-refractivity contribution >= 4 is 11.8 Å². The highest BCUT2D eigenvalue weighted by molar-refractivity contribution is 7.98. The van der Waals surface area contributed by atoms with E-state index in [1.54, 1.807) is 6.20 Å². The third-order valence-electron chi connectivity index (χ3n) is 3.87. The molecule has 2 aromatic carbocycles. The molecule has 0 aliphatic heterocycles. The van der Waals surface area contributed by atoms with Crippen molar-refractivity contribution in [2.75, 3.05) is 6.26 Å². The molecule has 4 nitrogen and oxygen atoms in total. The van der Waals surface area contributed by atoms with Crippen LogP contribution in [-0.4, -0.2) is 26.0 Å². The van der Waals surface area contributed by atoms with E-state index in [0.29, 0.717) is 0 Å². The first kappa shape index (κ1) is 15.6. The second-order valence-electron chi connectivity index (χ2n) is 5.46. The van der Waals surface area contributed by atoms with Crippen molar-refractivity contribution in [2.45, 2.75) is 5.16 Å². The smallest absolute Gasteiger partial charge is 0.189 e. The topological polar surface area (TPSA) is 43.6 Å². The van der Waals surface area contributed by atoms with E-state index in [9.17, 15) is 0 Å². The van der Waals surface area contributed by atoms with Crippen LogP contribution in [0.3, 0.4) is 0 Å². The predicted octanol–water partition coefficient (Wildman–Crippen LogP) is 4.72. The first-order valence-corrected chi connectivity index (χ1v) is 9.16. The zero-order chi connectivity index (χ0) is 17.1. The van der Waals surface area contributed by atoms with Crippen molar-refractivity contribution in [2.24, 2.45) is 0 Å². The number of hydrogen-bond acceptors (Lipinski definition) is 4. The number of rotatable bonds is 4. The van der Waals surface area contributed by atoms with Gasteiger partial charge in [-0.05, 0) is 12.3 Å². The van der Waals surface area contributed by atoms with E-state index in [1.807, 2.05) is 53.4 Å². The normalized spacial score (nSPS) is 10.8.